The Morgan fingerprint density at radius 1 is 1.29 bits per heavy atom. The van der Waals surface area contributed by atoms with Crippen molar-refractivity contribution in [2.24, 2.45) is 0 Å². The molecule has 0 fully saturated rings. The molecule has 2 heteroatoms. The van der Waals surface area contributed by atoms with Crippen LogP contribution in [0.2, 0.25) is 0 Å². The highest BCUT2D eigenvalue weighted by atomic mass is 16.1. The van der Waals surface area contributed by atoms with E-state index in [-0.39, 0.29) is 5.91 Å². The predicted molar refractivity (Wildman–Crippen MR) is 59.2 cm³/mol. The maximum Gasteiger partial charge on any atom is 0.224 e. The van der Waals surface area contributed by atoms with E-state index in [0.29, 0.717) is 0 Å². The summed E-state index contributed by atoms with van der Waals surface area (Å²) >= 11 is 0. The van der Waals surface area contributed by atoms with Crippen LogP contribution in [-0.4, -0.2) is 5.91 Å². The molecule has 2 nitrogen and oxygen atoms in total. The quantitative estimate of drug-likeness (QED) is 0.779. The highest BCUT2D eigenvalue weighted by Crippen LogP contribution is 2.22. The summed E-state index contributed by atoms with van der Waals surface area (Å²) in [6.45, 7) is 7.49. The van der Waals surface area contributed by atoms with Crippen LogP contribution in [0.15, 0.2) is 18.2 Å². The van der Waals surface area contributed by atoms with Gasteiger partial charge in [0.1, 0.15) is 0 Å². The molecule has 75 valence electrons. The summed E-state index contributed by atoms with van der Waals surface area (Å²) in [5.74, 6) is -0.249. The second kappa shape index (κ2) is 4.80. The third kappa shape index (κ3) is 2.34. The zero-order valence-corrected chi connectivity index (χ0v) is 8.76. The van der Waals surface area contributed by atoms with E-state index in [9.17, 15) is 4.79 Å². The Morgan fingerprint density at radius 3 is 2.14 bits per heavy atom. The molecule has 0 aliphatic heterocycles. The minimum atomic E-state index is -0.249. The molecule has 1 amide bonds. The van der Waals surface area contributed by atoms with Gasteiger partial charge >= 0.3 is 0 Å². The fourth-order valence-electron chi connectivity index (χ4n) is 1.54. The van der Waals surface area contributed by atoms with Crippen molar-refractivity contribution in [1.82, 2.24) is 0 Å². The summed E-state index contributed by atoms with van der Waals surface area (Å²) in [4.78, 5) is 10.9. The highest BCUT2D eigenvalue weighted by molar-refractivity contribution is 5.95. The van der Waals surface area contributed by atoms with Gasteiger partial charge in [0.05, 0.1) is 0 Å². The van der Waals surface area contributed by atoms with Crippen molar-refractivity contribution in [2.75, 3.05) is 5.32 Å². The zero-order valence-electron chi connectivity index (χ0n) is 8.76. The first-order valence-corrected chi connectivity index (χ1v) is 4.92. The molecule has 1 aromatic carbocycles. The molecule has 0 heterocycles. The van der Waals surface area contributed by atoms with Crippen molar-refractivity contribution in [3.63, 3.8) is 0 Å². The molecule has 1 aromatic rings. The molecule has 0 spiro atoms. The number of carbonyl (C=O) groups excluding carboxylic acids is 1. The fourth-order valence-corrected chi connectivity index (χ4v) is 1.54. The Labute approximate surface area is 85.3 Å². The third-order valence-corrected chi connectivity index (χ3v) is 2.26. The van der Waals surface area contributed by atoms with Gasteiger partial charge < -0.3 is 5.32 Å². The smallest absolute Gasteiger partial charge is 0.224 e. The number of nitrogens with one attached hydrogen (secondary N) is 1. The Bertz CT molecular complexity index is 309. The van der Waals surface area contributed by atoms with Crippen LogP contribution >= 0.6 is 0 Å². The van der Waals surface area contributed by atoms with E-state index in [1.54, 1.807) is 0 Å². The molecule has 0 atom stereocenters. The summed E-state index contributed by atoms with van der Waals surface area (Å²) in [7, 11) is 0. The van der Waals surface area contributed by atoms with Crippen LogP contribution < -0.4 is 5.32 Å². The molecular formula is C12H16NO. The minimum Gasteiger partial charge on any atom is -0.326 e. The summed E-state index contributed by atoms with van der Waals surface area (Å²) in [5.41, 5.74) is 3.28. The summed E-state index contributed by atoms with van der Waals surface area (Å²) in [6.07, 6.45) is 1.84. The summed E-state index contributed by atoms with van der Waals surface area (Å²) < 4.78 is 0. The van der Waals surface area contributed by atoms with E-state index in [1.165, 1.54) is 11.1 Å². The van der Waals surface area contributed by atoms with Gasteiger partial charge in [0.15, 0.2) is 0 Å². The van der Waals surface area contributed by atoms with Crippen molar-refractivity contribution in [3.8, 4) is 0 Å². The van der Waals surface area contributed by atoms with Gasteiger partial charge in [0.2, 0.25) is 5.91 Å². The fraction of sp³-hybridized carbons (Fsp3) is 0.333. The van der Waals surface area contributed by atoms with Crippen molar-refractivity contribution < 1.29 is 4.79 Å². The molecule has 0 bridgehead atoms. The number of anilines is 1. The van der Waals surface area contributed by atoms with Crippen LogP contribution in [0.25, 0.3) is 0 Å². The van der Waals surface area contributed by atoms with Gasteiger partial charge in [-0.1, -0.05) is 32.0 Å². The maximum atomic E-state index is 10.9. The molecule has 1 radical (unpaired) electrons. The summed E-state index contributed by atoms with van der Waals surface area (Å²) in [5, 5.41) is 2.79. The molecule has 1 N–H and O–H groups in total. The molecule has 0 aromatic heterocycles. The van der Waals surface area contributed by atoms with E-state index in [4.69, 9.17) is 0 Å². The molecule has 14 heavy (non-hydrogen) atoms. The zero-order chi connectivity index (χ0) is 10.6. The van der Waals surface area contributed by atoms with Gasteiger partial charge in [0.25, 0.3) is 0 Å². The van der Waals surface area contributed by atoms with E-state index >= 15 is 0 Å². The van der Waals surface area contributed by atoms with Crippen molar-refractivity contribution in [1.29, 1.82) is 0 Å². The number of amides is 1. The van der Waals surface area contributed by atoms with E-state index < -0.39 is 0 Å². The first-order valence-electron chi connectivity index (χ1n) is 4.92. The normalized spacial score (nSPS) is 9.93. The van der Waals surface area contributed by atoms with Gasteiger partial charge in [-0.3, -0.25) is 4.79 Å². The summed E-state index contributed by atoms with van der Waals surface area (Å²) in [6, 6.07) is 6.09. The number of benzene rings is 1. The lowest BCUT2D eigenvalue weighted by Gasteiger charge is -2.12. The lowest BCUT2D eigenvalue weighted by molar-refractivity contribution is -0.112. The van der Waals surface area contributed by atoms with Crippen LogP contribution in [0.1, 0.15) is 25.0 Å². The van der Waals surface area contributed by atoms with Gasteiger partial charge in [0, 0.05) is 12.6 Å². The largest absolute Gasteiger partial charge is 0.326 e. The van der Waals surface area contributed by atoms with Crippen LogP contribution in [0.3, 0.4) is 0 Å². The minimum absolute atomic E-state index is 0.249. The first kappa shape index (κ1) is 10.8. The lowest BCUT2D eigenvalue weighted by atomic mass is 10.0. The van der Waals surface area contributed by atoms with Crippen LogP contribution in [0, 0.1) is 6.92 Å². The molecule has 0 saturated heterocycles. The SMILES string of the molecule is [CH2]C(=O)Nc1c(CC)cccc1CC. The van der Waals surface area contributed by atoms with E-state index in [1.807, 2.05) is 18.2 Å². The van der Waals surface area contributed by atoms with Crippen molar-refractivity contribution >= 4 is 11.6 Å². The molecule has 0 aliphatic rings. The van der Waals surface area contributed by atoms with E-state index in [0.717, 1.165) is 18.5 Å². The molecule has 1 rings (SSSR count). The monoisotopic (exact) mass is 190 g/mol. The number of hydrogen-bond acceptors (Lipinski definition) is 1. The van der Waals surface area contributed by atoms with Crippen molar-refractivity contribution in [2.45, 2.75) is 26.7 Å². The standard InChI is InChI=1S/C12H16NO/c1-4-10-7-6-8-11(5-2)12(10)13-9(3)14/h6-8H,3-5H2,1-2H3,(H,13,14). The van der Waals surface area contributed by atoms with Gasteiger partial charge in [-0.25, -0.2) is 0 Å². The second-order valence-electron chi connectivity index (χ2n) is 3.21. The molecule has 0 saturated carbocycles. The predicted octanol–water partition coefficient (Wildman–Crippen LogP) is 2.58. The Hall–Kier alpha value is -1.31. The third-order valence-electron chi connectivity index (χ3n) is 2.26. The Balaban J connectivity index is 3.12. The van der Waals surface area contributed by atoms with Crippen LogP contribution in [0.4, 0.5) is 5.69 Å². The van der Waals surface area contributed by atoms with E-state index in [2.05, 4.69) is 26.1 Å². The second-order valence-corrected chi connectivity index (χ2v) is 3.21. The topological polar surface area (TPSA) is 29.1 Å². The van der Waals surface area contributed by atoms with Gasteiger partial charge in [-0.05, 0) is 24.0 Å². The number of rotatable bonds is 3. The average molecular weight is 190 g/mol. The highest BCUT2D eigenvalue weighted by Gasteiger charge is 2.06. The lowest BCUT2D eigenvalue weighted by Crippen LogP contribution is -2.10. The van der Waals surface area contributed by atoms with Gasteiger partial charge in [-0.2, -0.15) is 0 Å². The number of aryl methyl sites for hydroxylation is 2. The first-order chi connectivity index (χ1) is 6.69. The Kier molecular flexibility index (Phi) is 3.69. The average Bonchev–Trinajstić information content (AvgIpc) is 2.17. The van der Waals surface area contributed by atoms with Crippen LogP contribution in [0.5, 0.6) is 0 Å². The maximum absolute atomic E-state index is 10.9. The van der Waals surface area contributed by atoms with Crippen LogP contribution in [-0.2, 0) is 17.6 Å². The Morgan fingerprint density at radius 2 is 1.79 bits per heavy atom. The molecule has 0 unspecified atom stereocenters. The number of hydrogen-bond donors (Lipinski definition) is 1. The number of para-hydroxylation sites is 1. The van der Waals surface area contributed by atoms with Crippen molar-refractivity contribution in [3.05, 3.63) is 36.2 Å². The molecule has 0 aliphatic carbocycles. The van der Waals surface area contributed by atoms with Gasteiger partial charge in [-0.15, -0.1) is 0 Å². The molecular weight excluding hydrogens is 174 g/mol. The number of carbonyl (C=O) groups is 1.